The third kappa shape index (κ3) is 3.12. The quantitative estimate of drug-likeness (QED) is 0.651. The number of hydrazine groups is 1. The first-order chi connectivity index (χ1) is 9.69. The van der Waals surface area contributed by atoms with Crippen LogP contribution in [-0.4, -0.2) is 14.2 Å². The van der Waals surface area contributed by atoms with Crippen LogP contribution in [0.15, 0.2) is 46.9 Å². The summed E-state index contributed by atoms with van der Waals surface area (Å²) >= 11 is 3.55. The molecule has 0 spiro atoms. The van der Waals surface area contributed by atoms with Gasteiger partial charge in [0.15, 0.2) is 0 Å². The zero-order chi connectivity index (χ0) is 14.5. The number of nitrogens with one attached hydrogen (secondary N) is 1. The molecule has 2 rings (SSSR count). The Morgan fingerprint density at radius 2 is 1.65 bits per heavy atom. The zero-order valence-corrected chi connectivity index (χ0v) is 13.0. The van der Waals surface area contributed by atoms with Gasteiger partial charge in [0.25, 0.3) is 0 Å². The molecule has 1 atom stereocenters. The van der Waals surface area contributed by atoms with Crippen molar-refractivity contribution in [3.63, 3.8) is 0 Å². The van der Waals surface area contributed by atoms with E-state index in [0.29, 0.717) is 0 Å². The molecule has 0 aromatic heterocycles. The van der Waals surface area contributed by atoms with Crippen molar-refractivity contribution in [3.8, 4) is 11.5 Å². The van der Waals surface area contributed by atoms with Gasteiger partial charge in [-0.2, -0.15) is 0 Å². The van der Waals surface area contributed by atoms with Crippen LogP contribution < -0.4 is 20.7 Å². The monoisotopic (exact) mass is 336 g/mol. The van der Waals surface area contributed by atoms with Gasteiger partial charge in [0.05, 0.1) is 20.3 Å². The van der Waals surface area contributed by atoms with Crippen LogP contribution in [-0.2, 0) is 0 Å². The molecule has 0 saturated heterocycles. The lowest BCUT2D eigenvalue weighted by molar-refractivity contribution is 0.392. The molecule has 0 aliphatic carbocycles. The molecule has 0 radical (unpaired) electrons. The van der Waals surface area contributed by atoms with E-state index in [1.54, 1.807) is 14.2 Å². The minimum absolute atomic E-state index is 0.158. The molecule has 4 nitrogen and oxygen atoms in total. The van der Waals surface area contributed by atoms with E-state index in [1.807, 2.05) is 42.5 Å². The van der Waals surface area contributed by atoms with Crippen molar-refractivity contribution in [1.82, 2.24) is 5.43 Å². The summed E-state index contributed by atoms with van der Waals surface area (Å²) < 4.78 is 11.6. The van der Waals surface area contributed by atoms with Gasteiger partial charge >= 0.3 is 0 Å². The van der Waals surface area contributed by atoms with E-state index in [-0.39, 0.29) is 6.04 Å². The molecule has 3 N–H and O–H groups in total. The van der Waals surface area contributed by atoms with Crippen molar-refractivity contribution in [2.45, 2.75) is 6.04 Å². The van der Waals surface area contributed by atoms with E-state index in [4.69, 9.17) is 15.3 Å². The fourth-order valence-corrected chi connectivity index (χ4v) is 2.58. The van der Waals surface area contributed by atoms with Crippen LogP contribution in [0.4, 0.5) is 0 Å². The molecule has 5 heteroatoms. The summed E-state index contributed by atoms with van der Waals surface area (Å²) in [5.41, 5.74) is 4.85. The first-order valence-electron chi connectivity index (χ1n) is 6.13. The van der Waals surface area contributed by atoms with Crippen molar-refractivity contribution in [1.29, 1.82) is 0 Å². The summed E-state index contributed by atoms with van der Waals surface area (Å²) in [7, 11) is 3.25. The molecule has 2 aromatic rings. The standard InChI is InChI=1S/C15H17BrN2O2/c1-19-11-7-10(8-12(9-11)20-2)15(18-17)13-5-3-4-6-14(13)16/h3-9,15,18H,17H2,1-2H3. The van der Waals surface area contributed by atoms with Gasteiger partial charge in [-0.1, -0.05) is 34.1 Å². The highest BCUT2D eigenvalue weighted by Crippen LogP contribution is 2.32. The Hall–Kier alpha value is -1.56. The van der Waals surface area contributed by atoms with Crippen molar-refractivity contribution in [2.75, 3.05) is 14.2 Å². The maximum atomic E-state index is 5.74. The Balaban J connectivity index is 2.49. The lowest BCUT2D eigenvalue weighted by Crippen LogP contribution is -2.29. The first kappa shape index (κ1) is 14.8. The zero-order valence-electron chi connectivity index (χ0n) is 11.4. The Kier molecular flexibility index (Phi) is 5.00. The van der Waals surface area contributed by atoms with Crippen molar-refractivity contribution in [2.24, 2.45) is 5.84 Å². The topological polar surface area (TPSA) is 56.5 Å². The summed E-state index contributed by atoms with van der Waals surface area (Å²) in [5.74, 6) is 7.19. The molecule has 1 unspecified atom stereocenters. The molecule has 0 amide bonds. The number of nitrogens with two attached hydrogens (primary N) is 1. The van der Waals surface area contributed by atoms with Crippen LogP contribution in [0.3, 0.4) is 0 Å². The second kappa shape index (κ2) is 6.74. The van der Waals surface area contributed by atoms with Gasteiger partial charge in [-0.25, -0.2) is 5.43 Å². The third-order valence-electron chi connectivity index (χ3n) is 3.09. The van der Waals surface area contributed by atoms with Gasteiger partial charge < -0.3 is 9.47 Å². The van der Waals surface area contributed by atoms with E-state index in [0.717, 1.165) is 27.1 Å². The molecule has 0 bridgehead atoms. The molecular formula is C15H17BrN2O2. The highest BCUT2D eigenvalue weighted by molar-refractivity contribution is 9.10. The Morgan fingerprint density at radius 1 is 1.05 bits per heavy atom. The maximum Gasteiger partial charge on any atom is 0.122 e. The van der Waals surface area contributed by atoms with Gasteiger partial charge in [-0.05, 0) is 29.3 Å². The molecule has 0 saturated carbocycles. The predicted octanol–water partition coefficient (Wildman–Crippen LogP) is 3.02. The van der Waals surface area contributed by atoms with E-state index < -0.39 is 0 Å². The number of halogens is 1. The van der Waals surface area contributed by atoms with Gasteiger partial charge in [0, 0.05) is 10.5 Å². The number of methoxy groups -OCH3 is 2. The summed E-state index contributed by atoms with van der Waals surface area (Å²) in [6.45, 7) is 0. The normalized spacial score (nSPS) is 12.0. The average Bonchev–Trinajstić information content (AvgIpc) is 2.49. The van der Waals surface area contributed by atoms with E-state index >= 15 is 0 Å². The Bertz CT molecular complexity index is 568. The summed E-state index contributed by atoms with van der Waals surface area (Å²) in [5, 5.41) is 0. The van der Waals surface area contributed by atoms with Crippen LogP contribution in [0.25, 0.3) is 0 Å². The summed E-state index contributed by atoms with van der Waals surface area (Å²) in [6.07, 6.45) is 0. The van der Waals surface area contributed by atoms with Crippen LogP contribution in [0.5, 0.6) is 11.5 Å². The smallest absolute Gasteiger partial charge is 0.122 e. The number of benzene rings is 2. The van der Waals surface area contributed by atoms with Crippen molar-refractivity contribution >= 4 is 15.9 Å². The molecule has 106 valence electrons. The Labute approximate surface area is 127 Å². The second-order valence-corrected chi connectivity index (χ2v) is 5.12. The lowest BCUT2D eigenvalue weighted by atomic mass is 9.99. The van der Waals surface area contributed by atoms with E-state index in [9.17, 15) is 0 Å². The van der Waals surface area contributed by atoms with Gasteiger partial charge in [0.1, 0.15) is 11.5 Å². The fourth-order valence-electron chi connectivity index (χ4n) is 2.07. The predicted molar refractivity (Wildman–Crippen MR) is 82.9 cm³/mol. The second-order valence-electron chi connectivity index (χ2n) is 4.27. The SMILES string of the molecule is COc1cc(OC)cc(C(NN)c2ccccc2Br)c1. The number of ether oxygens (including phenoxy) is 2. The van der Waals surface area contributed by atoms with Crippen LogP contribution in [0.2, 0.25) is 0 Å². The highest BCUT2D eigenvalue weighted by atomic mass is 79.9. The van der Waals surface area contributed by atoms with Gasteiger partial charge in [0.2, 0.25) is 0 Å². The molecule has 20 heavy (non-hydrogen) atoms. The van der Waals surface area contributed by atoms with Gasteiger partial charge in [-0.15, -0.1) is 0 Å². The van der Waals surface area contributed by atoms with Gasteiger partial charge in [-0.3, -0.25) is 5.84 Å². The first-order valence-corrected chi connectivity index (χ1v) is 6.92. The fraction of sp³-hybridized carbons (Fsp3) is 0.200. The van der Waals surface area contributed by atoms with Crippen molar-refractivity contribution in [3.05, 3.63) is 58.1 Å². The van der Waals surface area contributed by atoms with Crippen molar-refractivity contribution < 1.29 is 9.47 Å². The molecule has 2 aromatic carbocycles. The van der Waals surface area contributed by atoms with Crippen LogP contribution in [0, 0.1) is 0 Å². The molecular weight excluding hydrogens is 320 g/mol. The molecule has 0 aliphatic rings. The summed E-state index contributed by atoms with van der Waals surface area (Å²) in [4.78, 5) is 0. The summed E-state index contributed by atoms with van der Waals surface area (Å²) in [6, 6.07) is 13.5. The number of rotatable bonds is 5. The minimum atomic E-state index is -0.158. The van der Waals surface area contributed by atoms with Crippen LogP contribution in [0.1, 0.15) is 17.2 Å². The maximum absolute atomic E-state index is 5.74. The largest absolute Gasteiger partial charge is 0.497 e. The minimum Gasteiger partial charge on any atom is -0.497 e. The van der Waals surface area contributed by atoms with E-state index in [1.165, 1.54) is 0 Å². The lowest BCUT2D eigenvalue weighted by Gasteiger charge is -2.19. The number of hydrogen-bond acceptors (Lipinski definition) is 4. The third-order valence-corrected chi connectivity index (χ3v) is 3.81. The Morgan fingerprint density at radius 3 is 2.15 bits per heavy atom. The van der Waals surface area contributed by atoms with Crippen LogP contribution >= 0.6 is 15.9 Å². The molecule has 0 heterocycles. The molecule has 0 fully saturated rings. The molecule has 0 aliphatic heterocycles. The average molecular weight is 337 g/mol. The number of hydrogen-bond donors (Lipinski definition) is 2. The highest BCUT2D eigenvalue weighted by Gasteiger charge is 2.17. The van der Waals surface area contributed by atoms with E-state index in [2.05, 4.69) is 21.4 Å².